The molecule has 1 aromatic heterocycles. The Labute approximate surface area is 97.9 Å². The van der Waals surface area contributed by atoms with Gasteiger partial charge in [0.05, 0.1) is 19.4 Å². The van der Waals surface area contributed by atoms with Crippen LogP contribution in [0.2, 0.25) is 0 Å². The monoisotopic (exact) mass is 238 g/mol. The van der Waals surface area contributed by atoms with E-state index >= 15 is 0 Å². The highest BCUT2D eigenvalue weighted by Crippen LogP contribution is 2.15. The molecular weight excluding hydrogens is 224 g/mol. The first-order chi connectivity index (χ1) is 8.15. The van der Waals surface area contributed by atoms with Crippen molar-refractivity contribution in [3.8, 4) is 5.75 Å². The summed E-state index contributed by atoms with van der Waals surface area (Å²) in [7, 11) is 1.38. The smallest absolute Gasteiger partial charge is 0.224 e. The molecular formula is C10H14N4O3. The summed E-state index contributed by atoms with van der Waals surface area (Å²) in [5.41, 5.74) is 9.02. The lowest BCUT2D eigenvalue weighted by molar-refractivity contribution is 0.258. The van der Waals surface area contributed by atoms with Gasteiger partial charge >= 0.3 is 0 Å². The van der Waals surface area contributed by atoms with E-state index in [9.17, 15) is 9.90 Å². The molecule has 1 aromatic rings. The van der Waals surface area contributed by atoms with Gasteiger partial charge < -0.3 is 14.4 Å². The van der Waals surface area contributed by atoms with Gasteiger partial charge in [-0.15, -0.1) is 0 Å². The summed E-state index contributed by atoms with van der Waals surface area (Å²) in [6.07, 6.45) is 0. The Balaban J connectivity index is 3.26. The van der Waals surface area contributed by atoms with Crippen molar-refractivity contribution in [1.82, 2.24) is 4.57 Å². The van der Waals surface area contributed by atoms with E-state index in [-0.39, 0.29) is 24.3 Å². The van der Waals surface area contributed by atoms with Gasteiger partial charge in [-0.1, -0.05) is 5.11 Å². The van der Waals surface area contributed by atoms with E-state index in [4.69, 9.17) is 10.3 Å². The number of azide groups is 1. The van der Waals surface area contributed by atoms with Crippen LogP contribution in [-0.4, -0.2) is 23.3 Å². The number of rotatable bonds is 5. The number of ether oxygens (including phenoxy) is 1. The third-order valence-corrected chi connectivity index (χ3v) is 2.42. The number of nitrogens with zero attached hydrogens (tertiary/aromatic N) is 4. The Kier molecular flexibility index (Phi) is 4.56. The van der Waals surface area contributed by atoms with Crippen molar-refractivity contribution in [1.29, 1.82) is 0 Å². The molecule has 0 unspecified atom stereocenters. The van der Waals surface area contributed by atoms with E-state index in [0.717, 1.165) is 0 Å². The molecule has 0 fully saturated rings. The quantitative estimate of drug-likeness (QED) is 0.469. The zero-order chi connectivity index (χ0) is 12.8. The minimum atomic E-state index is -0.309. The third kappa shape index (κ3) is 2.77. The second-order valence-electron chi connectivity index (χ2n) is 3.39. The van der Waals surface area contributed by atoms with Crippen LogP contribution in [0.4, 0.5) is 0 Å². The maximum Gasteiger partial charge on any atom is 0.224 e. The summed E-state index contributed by atoms with van der Waals surface area (Å²) >= 11 is 0. The van der Waals surface area contributed by atoms with Crippen LogP contribution in [0.15, 0.2) is 16.0 Å². The van der Waals surface area contributed by atoms with E-state index < -0.39 is 0 Å². The van der Waals surface area contributed by atoms with E-state index in [2.05, 4.69) is 10.0 Å². The van der Waals surface area contributed by atoms with Crippen LogP contribution in [-0.2, 0) is 13.2 Å². The molecule has 7 nitrogen and oxygen atoms in total. The molecule has 1 N–H and O–H groups in total. The van der Waals surface area contributed by atoms with Crippen LogP contribution >= 0.6 is 0 Å². The zero-order valence-corrected chi connectivity index (χ0v) is 9.75. The van der Waals surface area contributed by atoms with Gasteiger partial charge in [-0.2, -0.15) is 0 Å². The number of aromatic nitrogens is 1. The highest BCUT2D eigenvalue weighted by Gasteiger charge is 2.13. The van der Waals surface area contributed by atoms with E-state index in [1.54, 1.807) is 11.5 Å². The maximum atomic E-state index is 11.6. The number of methoxy groups -OCH3 is 1. The zero-order valence-electron chi connectivity index (χ0n) is 9.75. The van der Waals surface area contributed by atoms with Crippen LogP contribution in [0.3, 0.4) is 0 Å². The molecule has 0 radical (unpaired) electrons. The number of pyridine rings is 1. The van der Waals surface area contributed by atoms with Crippen LogP contribution in [0.25, 0.3) is 10.4 Å². The summed E-state index contributed by atoms with van der Waals surface area (Å²) in [6.45, 7) is 2.07. The number of hydrogen-bond acceptors (Lipinski definition) is 4. The molecule has 0 aliphatic rings. The molecule has 0 aliphatic heterocycles. The number of aryl methyl sites for hydroxylation is 1. The molecule has 0 bridgehead atoms. The summed E-state index contributed by atoms with van der Waals surface area (Å²) in [4.78, 5) is 14.3. The van der Waals surface area contributed by atoms with Crippen molar-refractivity contribution < 1.29 is 9.84 Å². The minimum Gasteiger partial charge on any atom is -0.491 e. The molecule has 92 valence electrons. The summed E-state index contributed by atoms with van der Waals surface area (Å²) < 4.78 is 6.68. The lowest BCUT2D eigenvalue weighted by Crippen LogP contribution is -2.19. The van der Waals surface area contributed by atoms with Gasteiger partial charge in [0.15, 0.2) is 5.75 Å². The van der Waals surface area contributed by atoms with Crippen molar-refractivity contribution in [3.05, 3.63) is 38.1 Å². The fraction of sp³-hybridized carbons (Fsp3) is 0.500. The predicted molar refractivity (Wildman–Crippen MR) is 61.9 cm³/mol. The summed E-state index contributed by atoms with van der Waals surface area (Å²) in [5, 5.41) is 12.7. The number of aliphatic hydroxyl groups is 1. The largest absolute Gasteiger partial charge is 0.491 e. The van der Waals surface area contributed by atoms with Crippen molar-refractivity contribution in [2.75, 3.05) is 13.7 Å². The Hall–Kier alpha value is -1.98. The van der Waals surface area contributed by atoms with Crippen LogP contribution < -0.4 is 10.2 Å². The molecule has 1 rings (SSSR count). The Morgan fingerprint density at radius 2 is 2.35 bits per heavy atom. The topological polar surface area (TPSA) is 100 Å². The first-order valence-electron chi connectivity index (χ1n) is 5.04. The first-order valence-corrected chi connectivity index (χ1v) is 5.04. The second-order valence-corrected chi connectivity index (χ2v) is 3.39. The average Bonchev–Trinajstić information content (AvgIpc) is 2.31. The van der Waals surface area contributed by atoms with Crippen molar-refractivity contribution in [3.63, 3.8) is 0 Å². The Bertz CT molecular complexity index is 503. The number of aliphatic hydroxyl groups excluding tert-OH is 1. The Morgan fingerprint density at radius 1 is 1.65 bits per heavy atom. The van der Waals surface area contributed by atoms with Crippen molar-refractivity contribution >= 4 is 0 Å². The van der Waals surface area contributed by atoms with E-state index in [1.165, 1.54) is 13.2 Å². The third-order valence-electron chi connectivity index (χ3n) is 2.42. The molecule has 1 heterocycles. The van der Waals surface area contributed by atoms with Gasteiger partial charge in [-0.3, -0.25) is 4.79 Å². The fourth-order valence-electron chi connectivity index (χ4n) is 1.69. The molecule has 0 saturated carbocycles. The molecule has 0 aromatic carbocycles. The normalized spacial score (nSPS) is 9.82. The van der Waals surface area contributed by atoms with E-state index in [1.807, 2.05) is 0 Å². The maximum absolute atomic E-state index is 11.6. The van der Waals surface area contributed by atoms with Crippen LogP contribution in [0.5, 0.6) is 5.75 Å². The van der Waals surface area contributed by atoms with Gasteiger partial charge in [0.1, 0.15) is 0 Å². The second kappa shape index (κ2) is 5.93. The van der Waals surface area contributed by atoms with Gasteiger partial charge in [-0.05, 0) is 12.5 Å². The van der Waals surface area contributed by atoms with Crippen molar-refractivity contribution in [2.45, 2.75) is 20.1 Å². The molecule has 7 heteroatoms. The fourth-order valence-corrected chi connectivity index (χ4v) is 1.69. The summed E-state index contributed by atoms with van der Waals surface area (Å²) in [6, 6.07) is 1.42. The highest BCUT2D eigenvalue weighted by atomic mass is 16.5. The Morgan fingerprint density at radius 3 is 2.88 bits per heavy atom. The van der Waals surface area contributed by atoms with Crippen LogP contribution in [0, 0.1) is 6.92 Å². The number of hydrogen-bond donors (Lipinski definition) is 1. The van der Waals surface area contributed by atoms with E-state index in [0.29, 0.717) is 17.9 Å². The predicted octanol–water partition coefficient (Wildman–Crippen LogP) is 0.968. The van der Waals surface area contributed by atoms with Gasteiger partial charge in [-0.25, -0.2) is 0 Å². The lowest BCUT2D eigenvalue weighted by atomic mass is 10.2. The standard InChI is InChI=1S/C10H14N4O3/c1-7-5-9(16)10(17-2)8(6-15)14(7)4-3-12-13-11/h5,15H,3-4,6H2,1-2H3. The molecule has 0 saturated heterocycles. The SMILES string of the molecule is COc1c(CO)n(CCN=[N+]=[N-])c(C)cc1=O. The molecule has 17 heavy (non-hydrogen) atoms. The summed E-state index contributed by atoms with van der Waals surface area (Å²) in [5.74, 6) is 0.124. The molecule has 0 atom stereocenters. The van der Waals surface area contributed by atoms with Gasteiger partial charge in [0.2, 0.25) is 5.43 Å². The van der Waals surface area contributed by atoms with Gasteiger partial charge in [0.25, 0.3) is 0 Å². The molecule has 0 amide bonds. The van der Waals surface area contributed by atoms with Gasteiger partial charge in [0, 0.05) is 29.8 Å². The minimum absolute atomic E-state index is 0.124. The average molecular weight is 238 g/mol. The van der Waals surface area contributed by atoms with Crippen molar-refractivity contribution in [2.24, 2.45) is 5.11 Å². The molecule has 0 aliphatic carbocycles. The lowest BCUT2D eigenvalue weighted by Gasteiger charge is -2.17. The highest BCUT2D eigenvalue weighted by molar-refractivity contribution is 5.30. The first kappa shape index (κ1) is 13.1. The van der Waals surface area contributed by atoms with Crippen LogP contribution in [0.1, 0.15) is 11.4 Å². The molecule has 0 spiro atoms.